The molecule has 0 unspecified atom stereocenters. The smallest absolute Gasteiger partial charge is 0.270 e. The first-order valence-corrected chi connectivity index (χ1v) is 12.3. The molecule has 11 nitrogen and oxygen atoms in total. The number of rotatable bonds is 8. The fourth-order valence-corrected chi connectivity index (χ4v) is 5.03. The monoisotopic (exact) mass is 509 g/mol. The van der Waals surface area contributed by atoms with Gasteiger partial charge in [0.25, 0.3) is 15.7 Å². The summed E-state index contributed by atoms with van der Waals surface area (Å²) in [5, 5.41) is 31.1. The van der Waals surface area contributed by atoms with E-state index in [1.807, 2.05) is 26.0 Å². The van der Waals surface area contributed by atoms with Gasteiger partial charge < -0.3 is 14.4 Å². The molecule has 0 spiro atoms. The Balaban J connectivity index is 1.84. The van der Waals surface area contributed by atoms with Crippen LogP contribution in [0.4, 0.5) is 22.7 Å². The molecule has 186 valence electrons. The standard InChI is InChI=1S/C24H23N5O6S/c1-15(2)28-20-10-6-4-8-17(20)23(24(28)30)26-25-19-13-12-16(29(31)32)14-22(19)36(33,34)27-18-9-5-7-11-21(18)35-3/h4-15,27,30H,1-3H3. The molecule has 0 radical (unpaired) electrons. The minimum absolute atomic E-state index is 0.0841. The van der Waals surface area contributed by atoms with Crippen molar-refractivity contribution < 1.29 is 23.2 Å². The average molecular weight is 510 g/mol. The highest BCUT2D eigenvalue weighted by molar-refractivity contribution is 7.92. The molecule has 4 aromatic rings. The maximum absolute atomic E-state index is 13.3. The number of nitro groups is 1. The molecule has 4 rings (SSSR count). The van der Waals surface area contributed by atoms with Crippen LogP contribution in [0.3, 0.4) is 0 Å². The third-order valence-electron chi connectivity index (χ3n) is 5.43. The predicted molar refractivity (Wildman–Crippen MR) is 135 cm³/mol. The van der Waals surface area contributed by atoms with Crippen molar-refractivity contribution in [3.63, 3.8) is 0 Å². The summed E-state index contributed by atoms with van der Waals surface area (Å²) in [4.78, 5) is 10.2. The van der Waals surface area contributed by atoms with Crippen LogP contribution in [0.5, 0.6) is 11.6 Å². The maximum atomic E-state index is 13.3. The van der Waals surface area contributed by atoms with Gasteiger partial charge in [-0.05, 0) is 38.1 Å². The number of ether oxygens (including phenoxy) is 1. The highest BCUT2D eigenvalue weighted by atomic mass is 32.2. The van der Waals surface area contributed by atoms with Crippen molar-refractivity contribution in [3.05, 3.63) is 76.8 Å². The number of azo groups is 1. The molecule has 0 amide bonds. The van der Waals surface area contributed by atoms with Crippen molar-refractivity contribution in [2.24, 2.45) is 10.2 Å². The Kier molecular flexibility index (Phi) is 6.62. The number of fused-ring (bicyclic) bond motifs is 1. The number of hydrogen-bond acceptors (Lipinski definition) is 8. The molecule has 0 aliphatic heterocycles. The third kappa shape index (κ3) is 4.58. The van der Waals surface area contributed by atoms with Gasteiger partial charge in [-0.2, -0.15) is 0 Å². The number of nitrogens with one attached hydrogen (secondary N) is 1. The van der Waals surface area contributed by atoms with Crippen molar-refractivity contribution >= 4 is 43.7 Å². The summed E-state index contributed by atoms with van der Waals surface area (Å²) in [5.41, 5.74) is 0.441. The first kappa shape index (κ1) is 24.7. The Bertz CT molecular complexity index is 1590. The van der Waals surface area contributed by atoms with Crippen molar-refractivity contribution in [2.75, 3.05) is 11.8 Å². The zero-order valence-electron chi connectivity index (χ0n) is 19.6. The molecule has 1 heterocycles. The van der Waals surface area contributed by atoms with Crippen LogP contribution in [-0.4, -0.2) is 30.1 Å². The van der Waals surface area contributed by atoms with E-state index >= 15 is 0 Å². The molecule has 0 fully saturated rings. The van der Waals surface area contributed by atoms with Crippen LogP contribution in [0.1, 0.15) is 19.9 Å². The van der Waals surface area contributed by atoms with Gasteiger partial charge in [-0.1, -0.05) is 30.3 Å². The molecular formula is C24H23N5O6S. The number of nitro benzene ring substituents is 1. The van der Waals surface area contributed by atoms with Crippen LogP contribution < -0.4 is 9.46 Å². The van der Waals surface area contributed by atoms with E-state index in [-0.39, 0.29) is 34.7 Å². The number of para-hydroxylation sites is 3. The summed E-state index contributed by atoms with van der Waals surface area (Å²) in [5.74, 6) is 0.134. The van der Waals surface area contributed by atoms with Crippen LogP contribution in [0.25, 0.3) is 10.9 Å². The number of nitrogens with zero attached hydrogens (tertiary/aromatic N) is 4. The molecule has 2 N–H and O–H groups in total. The molecule has 12 heteroatoms. The molecule has 36 heavy (non-hydrogen) atoms. The molecule has 0 saturated carbocycles. The molecule has 0 aliphatic rings. The van der Waals surface area contributed by atoms with E-state index in [9.17, 15) is 23.6 Å². The van der Waals surface area contributed by atoms with Gasteiger partial charge in [0, 0.05) is 23.6 Å². The second kappa shape index (κ2) is 9.66. The second-order valence-corrected chi connectivity index (χ2v) is 9.72. The van der Waals surface area contributed by atoms with Gasteiger partial charge in [-0.3, -0.25) is 14.8 Å². The average Bonchev–Trinajstić information content (AvgIpc) is 3.13. The summed E-state index contributed by atoms with van der Waals surface area (Å²) in [6.07, 6.45) is 0. The first-order chi connectivity index (χ1) is 17.1. The minimum Gasteiger partial charge on any atom is -0.495 e. The molecule has 0 bridgehead atoms. The van der Waals surface area contributed by atoms with Crippen LogP contribution in [0.15, 0.2) is 81.9 Å². The lowest BCUT2D eigenvalue weighted by atomic mass is 10.2. The van der Waals surface area contributed by atoms with Crippen LogP contribution in [0.2, 0.25) is 0 Å². The maximum Gasteiger partial charge on any atom is 0.270 e. The Hall–Kier alpha value is -4.45. The molecule has 0 aliphatic carbocycles. The van der Waals surface area contributed by atoms with Gasteiger partial charge in [0.2, 0.25) is 5.88 Å². The van der Waals surface area contributed by atoms with Crippen LogP contribution in [0, 0.1) is 10.1 Å². The first-order valence-electron chi connectivity index (χ1n) is 10.8. The topological polar surface area (TPSA) is 148 Å². The largest absolute Gasteiger partial charge is 0.495 e. The van der Waals surface area contributed by atoms with Crippen LogP contribution in [-0.2, 0) is 10.0 Å². The van der Waals surface area contributed by atoms with Crippen molar-refractivity contribution in [3.8, 4) is 11.6 Å². The molecular weight excluding hydrogens is 486 g/mol. The van der Waals surface area contributed by atoms with E-state index in [2.05, 4.69) is 15.0 Å². The third-order valence-corrected chi connectivity index (χ3v) is 6.82. The summed E-state index contributed by atoms with van der Waals surface area (Å²) in [7, 11) is -2.96. The summed E-state index contributed by atoms with van der Waals surface area (Å²) in [6, 6.07) is 16.7. The van der Waals surface area contributed by atoms with Gasteiger partial charge in [-0.25, -0.2) is 8.42 Å². The minimum atomic E-state index is -4.35. The highest BCUT2D eigenvalue weighted by Crippen LogP contribution is 2.42. The number of aromatic nitrogens is 1. The van der Waals surface area contributed by atoms with Crippen molar-refractivity contribution in [2.45, 2.75) is 24.8 Å². The van der Waals surface area contributed by atoms with Gasteiger partial charge >= 0.3 is 0 Å². The molecule has 1 aromatic heterocycles. The zero-order valence-corrected chi connectivity index (χ0v) is 20.4. The Labute approximate surface area is 206 Å². The number of benzene rings is 3. The van der Waals surface area contributed by atoms with E-state index in [0.717, 1.165) is 17.6 Å². The number of methoxy groups -OCH3 is 1. The zero-order chi connectivity index (χ0) is 26.0. The summed E-state index contributed by atoms with van der Waals surface area (Å²) < 4.78 is 35.9. The number of sulfonamides is 1. The highest BCUT2D eigenvalue weighted by Gasteiger charge is 2.25. The summed E-state index contributed by atoms with van der Waals surface area (Å²) in [6.45, 7) is 3.80. The van der Waals surface area contributed by atoms with E-state index in [4.69, 9.17) is 4.74 Å². The lowest BCUT2D eigenvalue weighted by molar-refractivity contribution is -0.385. The summed E-state index contributed by atoms with van der Waals surface area (Å²) >= 11 is 0. The second-order valence-electron chi connectivity index (χ2n) is 8.07. The van der Waals surface area contributed by atoms with Gasteiger partial charge in [-0.15, -0.1) is 10.2 Å². The van der Waals surface area contributed by atoms with E-state index in [0.29, 0.717) is 5.39 Å². The van der Waals surface area contributed by atoms with E-state index in [1.54, 1.807) is 34.9 Å². The van der Waals surface area contributed by atoms with Gasteiger partial charge in [0.15, 0.2) is 5.69 Å². The van der Waals surface area contributed by atoms with Gasteiger partial charge in [0.1, 0.15) is 16.3 Å². The fourth-order valence-electron chi connectivity index (χ4n) is 3.80. The Morgan fingerprint density at radius 2 is 1.75 bits per heavy atom. The number of hydrogen-bond donors (Lipinski definition) is 2. The fraction of sp³-hybridized carbons (Fsp3) is 0.167. The van der Waals surface area contributed by atoms with E-state index < -0.39 is 25.5 Å². The Morgan fingerprint density at radius 1 is 1.06 bits per heavy atom. The quantitative estimate of drug-likeness (QED) is 0.167. The Morgan fingerprint density at radius 3 is 2.44 bits per heavy atom. The van der Waals surface area contributed by atoms with E-state index in [1.165, 1.54) is 19.2 Å². The predicted octanol–water partition coefficient (Wildman–Crippen LogP) is 6.06. The normalized spacial score (nSPS) is 11.9. The number of non-ortho nitro benzene ring substituents is 1. The lowest BCUT2D eigenvalue weighted by Crippen LogP contribution is -2.14. The lowest BCUT2D eigenvalue weighted by Gasteiger charge is -2.12. The molecule has 0 saturated heterocycles. The van der Waals surface area contributed by atoms with Crippen LogP contribution >= 0.6 is 0 Å². The van der Waals surface area contributed by atoms with Crippen molar-refractivity contribution in [1.29, 1.82) is 0 Å². The number of aromatic hydroxyl groups is 1. The SMILES string of the molecule is COc1ccccc1NS(=O)(=O)c1cc([N+](=O)[O-])ccc1N=Nc1c(O)n(C(C)C)c2ccccc12. The number of anilines is 1. The molecule has 3 aromatic carbocycles. The molecule has 0 atom stereocenters. The van der Waals surface area contributed by atoms with Gasteiger partial charge in [0.05, 0.1) is 23.2 Å². The van der Waals surface area contributed by atoms with Crippen molar-refractivity contribution in [1.82, 2.24) is 4.57 Å².